The van der Waals surface area contributed by atoms with Crippen molar-refractivity contribution in [3.05, 3.63) is 47.7 Å². The average Bonchev–Trinajstić information content (AvgIpc) is 2.91. The maximum atomic E-state index is 8.70. The Labute approximate surface area is 92.4 Å². The number of nitrogens with zero attached hydrogens (tertiary/aromatic N) is 2. The highest BCUT2D eigenvalue weighted by Gasteiger charge is 2.37. The standard InChI is InChI=1S/C12H8N2O2/c13-7-8-1-3-9(4-2-8)11-12-10(16-14-11)5-6-15-12/h1-6,10,12H/t10-,12+/m0/s1. The fourth-order valence-corrected chi connectivity index (χ4v) is 1.80. The van der Waals surface area contributed by atoms with Gasteiger partial charge < -0.3 is 9.57 Å². The van der Waals surface area contributed by atoms with Crippen molar-refractivity contribution >= 4 is 5.71 Å². The number of ether oxygens (including phenoxy) is 1. The van der Waals surface area contributed by atoms with E-state index in [0.29, 0.717) is 5.56 Å². The van der Waals surface area contributed by atoms with Crippen LogP contribution in [0, 0.1) is 11.3 Å². The van der Waals surface area contributed by atoms with E-state index in [-0.39, 0.29) is 12.2 Å². The van der Waals surface area contributed by atoms with Gasteiger partial charge in [-0.1, -0.05) is 17.3 Å². The first-order chi connectivity index (χ1) is 7.88. The molecule has 2 aliphatic heterocycles. The minimum absolute atomic E-state index is 0.106. The lowest BCUT2D eigenvalue weighted by Crippen LogP contribution is -2.26. The van der Waals surface area contributed by atoms with Crippen LogP contribution in [0.1, 0.15) is 11.1 Å². The Morgan fingerprint density at radius 3 is 2.81 bits per heavy atom. The Kier molecular flexibility index (Phi) is 1.90. The van der Waals surface area contributed by atoms with Crippen LogP contribution < -0.4 is 0 Å². The summed E-state index contributed by atoms with van der Waals surface area (Å²) < 4.78 is 5.40. The molecule has 4 nitrogen and oxygen atoms in total. The summed E-state index contributed by atoms with van der Waals surface area (Å²) >= 11 is 0. The molecule has 0 saturated heterocycles. The topological polar surface area (TPSA) is 54.6 Å². The highest BCUT2D eigenvalue weighted by Crippen LogP contribution is 2.25. The molecule has 2 heterocycles. The fraction of sp³-hybridized carbons (Fsp3) is 0.167. The Hall–Kier alpha value is -2.28. The first kappa shape index (κ1) is 8.98. The third kappa shape index (κ3) is 1.26. The van der Waals surface area contributed by atoms with E-state index >= 15 is 0 Å². The first-order valence-corrected chi connectivity index (χ1v) is 4.95. The molecular formula is C12H8N2O2. The first-order valence-electron chi connectivity index (χ1n) is 4.95. The van der Waals surface area contributed by atoms with E-state index in [1.165, 1.54) is 0 Å². The summed E-state index contributed by atoms with van der Waals surface area (Å²) in [5, 5.41) is 12.7. The average molecular weight is 212 g/mol. The van der Waals surface area contributed by atoms with E-state index in [0.717, 1.165) is 11.3 Å². The predicted octanol–water partition coefficient (Wildman–Crippen LogP) is 1.57. The van der Waals surface area contributed by atoms with E-state index in [9.17, 15) is 0 Å². The van der Waals surface area contributed by atoms with Crippen LogP contribution in [0.15, 0.2) is 41.8 Å². The molecule has 1 aromatic carbocycles. The van der Waals surface area contributed by atoms with Crippen LogP contribution in [-0.4, -0.2) is 17.9 Å². The van der Waals surface area contributed by atoms with Gasteiger partial charge in [0.05, 0.1) is 17.9 Å². The molecule has 0 saturated carbocycles. The number of nitriles is 1. The highest BCUT2D eigenvalue weighted by molar-refractivity contribution is 6.05. The molecule has 0 fully saturated rings. The largest absolute Gasteiger partial charge is 0.487 e. The van der Waals surface area contributed by atoms with E-state index in [4.69, 9.17) is 14.8 Å². The Balaban J connectivity index is 1.90. The molecule has 78 valence electrons. The zero-order valence-corrected chi connectivity index (χ0v) is 8.33. The number of rotatable bonds is 1. The van der Waals surface area contributed by atoms with Crippen molar-refractivity contribution in [3.8, 4) is 6.07 Å². The Morgan fingerprint density at radius 1 is 1.25 bits per heavy atom. The van der Waals surface area contributed by atoms with Gasteiger partial charge in [0.25, 0.3) is 0 Å². The van der Waals surface area contributed by atoms with Gasteiger partial charge in [0, 0.05) is 5.56 Å². The van der Waals surface area contributed by atoms with Crippen LogP contribution in [-0.2, 0) is 9.57 Å². The third-order valence-corrected chi connectivity index (χ3v) is 2.64. The van der Waals surface area contributed by atoms with Crippen LogP contribution in [0.2, 0.25) is 0 Å². The van der Waals surface area contributed by atoms with Crippen molar-refractivity contribution in [2.75, 3.05) is 0 Å². The second kappa shape index (κ2) is 3.38. The third-order valence-electron chi connectivity index (χ3n) is 2.64. The molecule has 0 spiro atoms. The number of fused-ring (bicyclic) bond motifs is 1. The lowest BCUT2D eigenvalue weighted by molar-refractivity contribution is 0.0678. The van der Waals surface area contributed by atoms with Crippen LogP contribution in [0.4, 0.5) is 0 Å². The summed E-state index contributed by atoms with van der Waals surface area (Å²) in [6, 6.07) is 9.30. The van der Waals surface area contributed by atoms with Crippen molar-refractivity contribution in [2.45, 2.75) is 12.2 Å². The molecule has 0 aliphatic carbocycles. The second-order valence-electron chi connectivity index (χ2n) is 3.62. The van der Waals surface area contributed by atoms with E-state index in [1.807, 2.05) is 18.2 Å². The number of hydrogen-bond acceptors (Lipinski definition) is 4. The zero-order valence-electron chi connectivity index (χ0n) is 8.33. The van der Waals surface area contributed by atoms with Crippen LogP contribution >= 0.6 is 0 Å². The van der Waals surface area contributed by atoms with Crippen molar-refractivity contribution in [3.63, 3.8) is 0 Å². The predicted molar refractivity (Wildman–Crippen MR) is 56.6 cm³/mol. The number of oxime groups is 1. The monoisotopic (exact) mass is 212 g/mol. The van der Waals surface area contributed by atoms with Gasteiger partial charge >= 0.3 is 0 Å². The van der Waals surface area contributed by atoms with Gasteiger partial charge in [0.1, 0.15) is 5.71 Å². The van der Waals surface area contributed by atoms with Gasteiger partial charge in [-0.05, 0) is 18.2 Å². The van der Waals surface area contributed by atoms with E-state index < -0.39 is 0 Å². The molecular weight excluding hydrogens is 204 g/mol. The summed E-state index contributed by atoms with van der Waals surface area (Å²) in [6.07, 6.45) is 3.22. The van der Waals surface area contributed by atoms with Gasteiger partial charge in [-0.2, -0.15) is 5.26 Å². The van der Waals surface area contributed by atoms with Crippen molar-refractivity contribution < 1.29 is 9.57 Å². The number of benzene rings is 1. The maximum Gasteiger partial charge on any atom is 0.191 e. The normalized spacial score (nSPS) is 25.3. The smallest absolute Gasteiger partial charge is 0.191 e. The number of hydrogen-bond donors (Lipinski definition) is 0. The van der Waals surface area contributed by atoms with Crippen LogP contribution in [0.3, 0.4) is 0 Å². The molecule has 0 N–H and O–H groups in total. The van der Waals surface area contributed by atoms with Gasteiger partial charge in [-0.3, -0.25) is 0 Å². The molecule has 4 heteroatoms. The van der Waals surface area contributed by atoms with Gasteiger partial charge in [-0.15, -0.1) is 0 Å². The summed E-state index contributed by atoms with van der Waals surface area (Å²) in [5.41, 5.74) is 2.33. The lowest BCUT2D eigenvalue weighted by Gasteiger charge is -2.09. The minimum Gasteiger partial charge on any atom is -0.487 e. The van der Waals surface area contributed by atoms with Crippen LogP contribution in [0.5, 0.6) is 0 Å². The molecule has 0 amide bonds. The van der Waals surface area contributed by atoms with E-state index in [1.54, 1.807) is 18.4 Å². The fourth-order valence-electron chi connectivity index (χ4n) is 1.80. The molecule has 0 bridgehead atoms. The molecule has 0 radical (unpaired) electrons. The summed E-state index contributed by atoms with van der Waals surface area (Å²) in [4.78, 5) is 5.21. The molecule has 1 aromatic rings. The van der Waals surface area contributed by atoms with Crippen LogP contribution in [0.25, 0.3) is 0 Å². The minimum atomic E-state index is -0.145. The summed E-state index contributed by atoms with van der Waals surface area (Å²) in [7, 11) is 0. The molecule has 3 rings (SSSR count). The Morgan fingerprint density at radius 2 is 2.06 bits per heavy atom. The van der Waals surface area contributed by atoms with Crippen molar-refractivity contribution in [1.29, 1.82) is 5.26 Å². The van der Waals surface area contributed by atoms with Crippen molar-refractivity contribution in [1.82, 2.24) is 0 Å². The molecule has 2 atom stereocenters. The molecule has 2 aliphatic rings. The molecule has 0 aromatic heterocycles. The van der Waals surface area contributed by atoms with E-state index in [2.05, 4.69) is 11.2 Å². The quantitative estimate of drug-likeness (QED) is 0.710. The maximum absolute atomic E-state index is 8.70. The summed E-state index contributed by atoms with van der Waals surface area (Å²) in [6.45, 7) is 0. The zero-order chi connectivity index (χ0) is 11.0. The molecule has 0 unspecified atom stereocenters. The van der Waals surface area contributed by atoms with Gasteiger partial charge in [0.2, 0.25) is 0 Å². The highest BCUT2D eigenvalue weighted by atomic mass is 16.7. The Bertz CT molecular complexity index is 511. The molecule has 16 heavy (non-hydrogen) atoms. The van der Waals surface area contributed by atoms with Gasteiger partial charge in [0.15, 0.2) is 12.2 Å². The van der Waals surface area contributed by atoms with Crippen molar-refractivity contribution in [2.24, 2.45) is 5.16 Å². The second-order valence-corrected chi connectivity index (χ2v) is 3.62. The van der Waals surface area contributed by atoms with Gasteiger partial charge in [-0.25, -0.2) is 0 Å². The lowest BCUT2D eigenvalue weighted by atomic mass is 10.0. The SMILES string of the molecule is N#Cc1ccc(C2=NO[C@H]3C=CO[C@@H]23)cc1. The summed E-state index contributed by atoms with van der Waals surface area (Å²) in [5.74, 6) is 0.